The van der Waals surface area contributed by atoms with E-state index >= 15 is 0 Å². The molecule has 0 unspecified atom stereocenters. The molecule has 3 heteroatoms. The van der Waals surface area contributed by atoms with Gasteiger partial charge in [-0.15, -0.1) is 0 Å². The van der Waals surface area contributed by atoms with E-state index in [1.165, 1.54) is 0 Å². The van der Waals surface area contributed by atoms with Gasteiger partial charge in [-0.3, -0.25) is 5.32 Å². The highest BCUT2D eigenvalue weighted by atomic mass is 16.5. The van der Waals surface area contributed by atoms with Crippen LogP contribution in [0.5, 0.6) is 0 Å². The molecular weight excluding hydrogens is 188 g/mol. The molecule has 15 heavy (non-hydrogen) atoms. The second-order valence-electron chi connectivity index (χ2n) is 5.84. The maximum absolute atomic E-state index is 5.84. The van der Waals surface area contributed by atoms with Crippen molar-refractivity contribution in [3.63, 3.8) is 0 Å². The molecule has 1 heterocycles. The second-order valence-corrected chi connectivity index (χ2v) is 5.84. The topological polar surface area (TPSA) is 33.3 Å². The standard InChI is InChI=1S/C12H26N2O/c1-6-13-9-15-10-7-11(2,3)14-12(4,5)8-10/h10,13-14H,6-9H2,1-5H3. The fourth-order valence-corrected chi connectivity index (χ4v) is 2.63. The summed E-state index contributed by atoms with van der Waals surface area (Å²) < 4.78 is 5.84. The number of nitrogens with one attached hydrogen (secondary N) is 2. The molecule has 1 rings (SSSR count). The minimum Gasteiger partial charge on any atom is -0.363 e. The SMILES string of the molecule is CCNCOC1CC(C)(C)NC(C)(C)C1. The third-order valence-corrected chi connectivity index (χ3v) is 2.82. The van der Waals surface area contributed by atoms with Crippen molar-refractivity contribution in [2.45, 2.75) is 64.6 Å². The molecule has 1 aliphatic rings. The first-order valence-corrected chi connectivity index (χ1v) is 5.96. The number of hydrogen-bond acceptors (Lipinski definition) is 3. The van der Waals surface area contributed by atoms with E-state index in [4.69, 9.17) is 4.74 Å². The third-order valence-electron chi connectivity index (χ3n) is 2.82. The van der Waals surface area contributed by atoms with E-state index in [2.05, 4.69) is 45.3 Å². The van der Waals surface area contributed by atoms with Crippen LogP contribution in [-0.2, 0) is 4.74 Å². The molecule has 0 amide bonds. The van der Waals surface area contributed by atoms with Crippen molar-refractivity contribution in [3.05, 3.63) is 0 Å². The maximum Gasteiger partial charge on any atom is 0.0968 e. The van der Waals surface area contributed by atoms with E-state index < -0.39 is 0 Å². The molecule has 0 aliphatic carbocycles. The highest BCUT2D eigenvalue weighted by molar-refractivity contribution is 4.97. The van der Waals surface area contributed by atoms with Gasteiger partial charge >= 0.3 is 0 Å². The van der Waals surface area contributed by atoms with Gasteiger partial charge in [0.2, 0.25) is 0 Å². The lowest BCUT2D eigenvalue weighted by Gasteiger charge is -2.46. The van der Waals surface area contributed by atoms with Crippen LogP contribution in [0.15, 0.2) is 0 Å². The Morgan fingerprint density at radius 1 is 1.20 bits per heavy atom. The molecular formula is C12H26N2O. The lowest BCUT2D eigenvalue weighted by Crippen LogP contribution is -2.59. The van der Waals surface area contributed by atoms with Crippen LogP contribution in [0.3, 0.4) is 0 Å². The Morgan fingerprint density at radius 3 is 2.20 bits per heavy atom. The van der Waals surface area contributed by atoms with E-state index in [1.54, 1.807) is 0 Å². The van der Waals surface area contributed by atoms with E-state index in [-0.39, 0.29) is 11.1 Å². The Kier molecular flexibility index (Phi) is 4.15. The van der Waals surface area contributed by atoms with Crippen molar-refractivity contribution in [2.24, 2.45) is 0 Å². The summed E-state index contributed by atoms with van der Waals surface area (Å²) in [5, 5.41) is 6.86. The van der Waals surface area contributed by atoms with Crippen LogP contribution in [0.25, 0.3) is 0 Å². The molecule has 0 aromatic heterocycles. The Labute approximate surface area is 94.0 Å². The minimum absolute atomic E-state index is 0.179. The van der Waals surface area contributed by atoms with Crippen molar-refractivity contribution in [1.29, 1.82) is 0 Å². The average Bonchev–Trinajstić information content (AvgIpc) is 1.98. The van der Waals surface area contributed by atoms with E-state index in [0.29, 0.717) is 12.8 Å². The van der Waals surface area contributed by atoms with Crippen LogP contribution in [-0.4, -0.2) is 30.5 Å². The smallest absolute Gasteiger partial charge is 0.0968 e. The van der Waals surface area contributed by atoms with Crippen LogP contribution in [0, 0.1) is 0 Å². The summed E-state index contributed by atoms with van der Waals surface area (Å²) in [6.45, 7) is 12.7. The fourth-order valence-electron chi connectivity index (χ4n) is 2.63. The zero-order chi connectivity index (χ0) is 11.5. The van der Waals surface area contributed by atoms with Crippen molar-refractivity contribution < 1.29 is 4.74 Å². The van der Waals surface area contributed by atoms with Gasteiger partial charge in [-0.1, -0.05) is 6.92 Å². The summed E-state index contributed by atoms with van der Waals surface area (Å²) in [6.07, 6.45) is 2.54. The number of ether oxygens (including phenoxy) is 1. The zero-order valence-corrected chi connectivity index (χ0v) is 10.8. The molecule has 2 N–H and O–H groups in total. The first-order valence-electron chi connectivity index (χ1n) is 5.96. The Morgan fingerprint density at radius 2 is 1.73 bits per heavy atom. The van der Waals surface area contributed by atoms with Crippen molar-refractivity contribution in [1.82, 2.24) is 10.6 Å². The van der Waals surface area contributed by atoms with Crippen LogP contribution in [0.2, 0.25) is 0 Å². The van der Waals surface area contributed by atoms with Crippen LogP contribution >= 0.6 is 0 Å². The molecule has 90 valence electrons. The summed E-state index contributed by atoms with van der Waals surface area (Å²) in [5.74, 6) is 0. The normalized spacial score (nSPS) is 25.4. The lowest BCUT2D eigenvalue weighted by atomic mass is 9.81. The van der Waals surface area contributed by atoms with E-state index in [9.17, 15) is 0 Å². The summed E-state index contributed by atoms with van der Waals surface area (Å²) >= 11 is 0. The Balaban J connectivity index is 2.44. The molecule has 3 nitrogen and oxygen atoms in total. The van der Waals surface area contributed by atoms with E-state index in [0.717, 1.165) is 19.4 Å². The van der Waals surface area contributed by atoms with E-state index in [1.807, 2.05) is 0 Å². The lowest BCUT2D eigenvalue weighted by molar-refractivity contribution is -0.0282. The zero-order valence-electron chi connectivity index (χ0n) is 10.8. The molecule has 0 aromatic rings. The van der Waals surface area contributed by atoms with Gasteiger partial charge in [0.15, 0.2) is 0 Å². The van der Waals surface area contributed by atoms with Crippen LogP contribution in [0.4, 0.5) is 0 Å². The Bertz CT molecular complexity index is 186. The molecule has 0 spiro atoms. The number of rotatable bonds is 4. The maximum atomic E-state index is 5.84. The molecule has 0 atom stereocenters. The second kappa shape index (κ2) is 4.81. The van der Waals surface area contributed by atoms with Gasteiger partial charge in [-0.2, -0.15) is 0 Å². The minimum atomic E-state index is 0.179. The van der Waals surface area contributed by atoms with Gasteiger partial charge in [0.05, 0.1) is 12.8 Å². The van der Waals surface area contributed by atoms with Crippen LogP contribution in [0.1, 0.15) is 47.5 Å². The summed E-state index contributed by atoms with van der Waals surface area (Å²) in [4.78, 5) is 0. The first-order chi connectivity index (χ1) is 6.85. The van der Waals surface area contributed by atoms with Crippen molar-refractivity contribution in [2.75, 3.05) is 13.3 Å². The largest absolute Gasteiger partial charge is 0.363 e. The summed E-state index contributed by atoms with van der Waals surface area (Å²) in [6, 6.07) is 0. The molecule has 1 fully saturated rings. The van der Waals surface area contributed by atoms with Gasteiger partial charge in [0.1, 0.15) is 0 Å². The van der Waals surface area contributed by atoms with Crippen molar-refractivity contribution >= 4 is 0 Å². The molecule has 0 bridgehead atoms. The first kappa shape index (κ1) is 12.9. The fraction of sp³-hybridized carbons (Fsp3) is 1.00. The van der Waals surface area contributed by atoms with Gasteiger partial charge in [-0.25, -0.2) is 0 Å². The molecule has 0 aromatic carbocycles. The Hall–Kier alpha value is -0.120. The molecule has 1 aliphatic heterocycles. The van der Waals surface area contributed by atoms with Gasteiger partial charge in [-0.05, 0) is 47.1 Å². The predicted octanol–water partition coefficient (Wildman–Crippen LogP) is 1.88. The molecule has 1 saturated heterocycles. The van der Waals surface area contributed by atoms with Gasteiger partial charge < -0.3 is 10.1 Å². The average molecular weight is 214 g/mol. The molecule has 0 saturated carbocycles. The predicted molar refractivity (Wildman–Crippen MR) is 63.9 cm³/mol. The monoisotopic (exact) mass is 214 g/mol. The quantitative estimate of drug-likeness (QED) is 0.554. The molecule has 0 radical (unpaired) electrons. The third kappa shape index (κ3) is 4.49. The highest BCUT2D eigenvalue weighted by Crippen LogP contribution is 2.29. The van der Waals surface area contributed by atoms with Gasteiger partial charge in [0, 0.05) is 11.1 Å². The number of piperidine rings is 1. The van der Waals surface area contributed by atoms with Gasteiger partial charge in [0.25, 0.3) is 0 Å². The highest BCUT2D eigenvalue weighted by Gasteiger charge is 2.37. The van der Waals surface area contributed by atoms with Crippen LogP contribution < -0.4 is 10.6 Å². The summed E-state index contributed by atoms with van der Waals surface area (Å²) in [7, 11) is 0. The summed E-state index contributed by atoms with van der Waals surface area (Å²) in [5.41, 5.74) is 0.358. The van der Waals surface area contributed by atoms with Crippen molar-refractivity contribution in [3.8, 4) is 0 Å². The number of hydrogen-bond donors (Lipinski definition) is 2.